The summed E-state index contributed by atoms with van der Waals surface area (Å²) in [6.45, 7) is 3.85. The molecule has 0 saturated carbocycles. The highest BCUT2D eigenvalue weighted by molar-refractivity contribution is 5.74. The number of hydrogen-bond donors (Lipinski definition) is 0. The van der Waals surface area contributed by atoms with Crippen LogP contribution >= 0.6 is 0 Å². The lowest BCUT2D eigenvalue weighted by atomic mass is 10.2. The van der Waals surface area contributed by atoms with E-state index < -0.39 is 0 Å². The fourth-order valence-electron chi connectivity index (χ4n) is 2.01. The van der Waals surface area contributed by atoms with E-state index in [0.29, 0.717) is 5.39 Å². The lowest BCUT2D eigenvalue weighted by molar-refractivity contribution is 0.387. The summed E-state index contributed by atoms with van der Waals surface area (Å²) in [5.74, 6) is 0. The average molecular weight is 245 g/mol. The fraction of sp³-hybridized carbons (Fsp3) is 0.429. The van der Waals surface area contributed by atoms with Crippen LogP contribution in [0.25, 0.3) is 11.0 Å². The van der Waals surface area contributed by atoms with Crippen molar-refractivity contribution in [1.29, 1.82) is 0 Å². The number of nitrogens with zero attached hydrogens (tertiary/aromatic N) is 3. The molecule has 0 atom stereocenters. The topological polar surface area (TPSA) is 38.1 Å². The van der Waals surface area contributed by atoms with Crippen LogP contribution in [0.5, 0.6) is 0 Å². The predicted octanol–water partition coefficient (Wildman–Crippen LogP) is 1.66. The molecule has 2 aromatic rings. The summed E-state index contributed by atoms with van der Waals surface area (Å²) in [7, 11) is 4.12. The second kappa shape index (κ2) is 5.31. The van der Waals surface area contributed by atoms with Gasteiger partial charge in [0.1, 0.15) is 5.65 Å². The van der Waals surface area contributed by atoms with E-state index in [0.717, 1.165) is 30.9 Å². The van der Waals surface area contributed by atoms with Crippen molar-refractivity contribution >= 4 is 11.0 Å². The molecular weight excluding hydrogens is 226 g/mol. The van der Waals surface area contributed by atoms with Gasteiger partial charge < -0.3 is 9.47 Å². The van der Waals surface area contributed by atoms with Crippen LogP contribution in [0.15, 0.2) is 29.2 Å². The van der Waals surface area contributed by atoms with Gasteiger partial charge in [-0.15, -0.1) is 0 Å². The number of pyridine rings is 2. The Hall–Kier alpha value is -1.68. The van der Waals surface area contributed by atoms with E-state index in [1.807, 2.05) is 25.3 Å². The molecule has 2 rings (SSSR count). The van der Waals surface area contributed by atoms with Gasteiger partial charge >= 0.3 is 0 Å². The smallest absolute Gasteiger partial charge is 0.191 e. The molecule has 4 heteroatoms. The Labute approximate surface area is 107 Å². The first kappa shape index (κ1) is 12.8. The zero-order chi connectivity index (χ0) is 13.1. The minimum atomic E-state index is 0.0429. The van der Waals surface area contributed by atoms with E-state index >= 15 is 0 Å². The second-order valence-corrected chi connectivity index (χ2v) is 4.85. The molecule has 0 amide bonds. The Bertz CT molecular complexity index is 602. The molecule has 18 heavy (non-hydrogen) atoms. The third-order valence-corrected chi connectivity index (χ3v) is 2.96. The van der Waals surface area contributed by atoms with Crippen molar-refractivity contribution in [3.8, 4) is 0 Å². The van der Waals surface area contributed by atoms with Crippen LogP contribution in [-0.4, -0.2) is 35.1 Å². The highest BCUT2D eigenvalue weighted by atomic mass is 16.1. The summed E-state index contributed by atoms with van der Waals surface area (Å²) in [6, 6.07) is 5.37. The van der Waals surface area contributed by atoms with Gasteiger partial charge in [0.15, 0.2) is 5.43 Å². The van der Waals surface area contributed by atoms with Gasteiger partial charge in [-0.1, -0.05) is 0 Å². The van der Waals surface area contributed by atoms with Gasteiger partial charge in [-0.2, -0.15) is 0 Å². The largest absolute Gasteiger partial charge is 0.332 e. The van der Waals surface area contributed by atoms with Gasteiger partial charge in [0, 0.05) is 24.5 Å². The van der Waals surface area contributed by atoms with Gasteiger partial charge in [0.25, 0.3) is 0 Å². The van der Waals surface area contributed by atoms with E-state index in [-0.39, 0.29) is 5.43 Å². The van der Waals surface area contributed by atoms with Crippen LogP contribution in [0.3, 0.4) is 0 Å². The van der Waals surface area contributed by atoms with Crippen LogP contribution in [0, 0.1) is 6.92 Å². The van der Waals surface area contributed by atoms with E-state index in [1.165, 1.54) is 0 Å². The maximum Gasteiger partial charge on any atom is 0.191 e. The maximum absolute atomic E-state index is 11.8. The summed E-state index contributed by atoms with van der Waals surface area (Å²) in [6.07, 6.45) is 2.88. The molecule has 0 radical (unpaired) electrons. The van der Waals surface area contributed by atoms with Crippen molar-refractivity contribution in [3.05, 3.63) is 40.3 Å². The van der Waals surface area contributed by atoms with Crippen LogP contribution in [0.4, 0.5) is 0 Å². The highest BCUT2D eigenvalue weighted by Crippen LogP contribution is 2.09. The fourth-order valence-corrected chi connectivity index (χ4v) is 2.01. The number of aromatic nitrogens is 2. The van der Waals surface area contributed by atoms with Crippen LogP contribution in [0.1, 0.15) is 12.1 Å². The van der Waals surface area contributed by atoms with Crippen LogP contribution < -0.4 is 5.43 Å². The molecule has 0 aromatic carbocycles. The normalized spacial score (nSPS) is 11.3. The molecule has 0 saturated heterocycles. The van der Waals surface area contributed by atoms with Crippen LogP contribution in [0.2, 0.25) is 0 Å². The SMILES string of the molecule is Cc1ccc2c(=O)ccn(CCCN(C)C)c2n1. The third-order valence-electron chi connectivity index (χ3n) is 2.96. The first-order chi connectivity index (χ1) is 8.58. The van der Waals surface area contributed by atoms with Crippen molar-refractivity contribution in [2.45, 2.75) is 19.9 Å². The molecule has 0 fully saturated rings. The highest BCUT2D eigenvalue weighted by Gasteiger charge is 2.04. The summed E-state index contributed by atoms with van der Waals surface area (Å²) in [5.41, 5.74) is 1.78. The second-order valence-electron chi connectivity index (χ2n) is 4.85. The Kier molecular flexibility index (Phi) is 3.77. The summed E-state index contributed by atoms with van der Waals surface area (Å²) in [4.78, 5) is 18.4. The van der Waals surface area contributed by atoms with Crippen LogP contribution in [-0.2, 0) is 6.54 Å². The summed E-state index contributed by atoms with van der Waals surface area (Å²) < 4.78 is 2.06. The number of hydrogen-bond acceptors (Lipinski definition) is 3. The quantitative estimate of drug-likeness (QED) is 0.822. The molecule has 0 aliphatic carbocycles. The number of fused-ring (bicyclic) bond motifs is 1. The number of rotatable bonds is 4. The maximum atomic E-state index is 11.8. The van der Waals surface area contributed by atoms with Gasteiger partial charge in [-0.05, 0) is 46.1 Å². The van der Waals surface area contributed by atoms with E-state index in [4.69, 9.17) is 0 Å². The van der Waals surface area contributed by atoms with Gasteiger partial charge in [0.05, 0.1) is 5.39 Å². The Morgan fingerprint density at radius 3 is 2.78 bits per heavy atom. The molecule has 0 unspecified atom stereocenters. The van der Waals surface area contributed by atoms with Gasteiger partial charge in [-0.25, -0.2) is 4.98 Å². The van der Waals surface area contributed by atoms with Crippen molar-refractivity contribution in [1.82, 2.24) is 14.5 Å². The molecule has 2 heterocycles. The van der Waals surface area contributed by atoms with E-state index in [2.05, 4.69) is 28.5 Å². The Morgan fingerprint density at radius 2 is 2.06 bits per heavy atom. The van der Waals surface area contributed by atoms with Crippen molar-refractivity contribution in [2.24, 2.45) is 0 Å². The zero-order valence-electron chi connectivity index (χ0n) is 11.2. The van der Waals surface area contributed by atoms with Gasteiger partial charge in [-0.3, -0.25) is 4.79 Å². The molecular formula is C14H19N3O. The monoisotopic (exact) mass is 245 g/mol. The van der Waals surface area contributed by atoms with Crippen molar-refractivity contribution in [2.75, 3.05) is 20.6 Å². The summed E-state index contributed by atoms with van der Waals surface area (Å²) in [5, 5.41) is 0.702. The molecule has 4 nitrogen and oxygen atoms in total. The Balaban J connectivity index is 2.35. The molecule has 0 N–H and O–H groups in total. The van der Waals surface area contributed by atoms with Crippen molar-refractivity contribution in [3.63, 3.8) is 0 Å². The molecule has 2 aromatic heterocycles. The zero-order valence-corrected chi connectivity index (χ0v) is 11.2. The molecule has 96 valence electrons. The molecule has 0 bridgehead atoms. The molecule has 0 aliphatic heterocycles. The molecule has 0 spiro atoms. The first-order valence-corrected chi connectivity index (χ1v) is 6.19. The third kappa shape index (κ3) is 2.76. The predicted molar refractivity (Wildman–Crippen MR) is 73.9 cm³/mol. The summed E-state index contributed by atoms with van der Waals surface area (Å²) >= 11 is 0. The Morgan fingerprint density at radius 1 is 1.28 bits per heavy atom. The van der Waals surface area contributed by atoms with E-state index in [9.17, 15) is 4.79 Å². The number of aryl methyl sites for hydroxylation is 2. The lowest BCUT2D eigenvalue weighted by Gasteiger charge is -2.12. The first-order valence-electron chi connectivity index (χ1n) is 6.19. The average Bonchev–Trinajstić information content (AvgIpc) is 2.31. The minimum absolute atomic E-state index is 0.0429. The molecule has 0 aliphatic rings. The van der Waals surface area contributed by atoms with Gasteiger partial charge in [0.2, 0.25) is 0 Å². The lowest BCUT2D eigenvalue weighted by Crippen LogP contribution is -2.16. The van der Waals surface area contributed by atoms with Crippen molar-refractivity contribution < 1.29 is 0 Å². The standard InChI is InChI=1S/C14H19N3O/c1-11-5-6-12-13(18)7-10-17(14(12)15-11)9-4-8-16(2)3/h5-7,10H,4,8-9H2,1-3H3. The minimum Gasteiger partial charge on any atom is -0.332 e. The van der Waals surface area contributed by atoms with E-state index in [1.54, 1.807) is 6.07 Å².